The van der Waals surface area contributed by atoms with Crippen LogP contribution in [0.25, 0.3) is 6.08 Å². The van der Waals surface area contributed by atoms with Crippen LogP contribution in [0.2, 0.25) is 0 Å². The summed E-state index contributed by atoms with van der Waals surface area (Å²) in [5, 5.41) is 4.40. The molecule has 3 aliphatic rings. The lowest BCUT2D eigenvalue weighted by atomic mass is 9.94. The van der Waals surface area contributed by atoms with Crippen molar-refractivity contribution >= 4 is 28.4 Å². The molecular formula is C30H36N4S. The van der Waals surface area contributed by atoms with Crippen molar-refractivity contribution in [3.05, 3.63) is 87.1 Å². The predicted molar refractivity (Wildman–Crippen MR) is 149 cm³/mol. The number of hydrogen-bond acceptors (Lipinski definition) is 5. The van der Waals surface area contributed by atoms with Gasteiger partial charge in [-0.2, -0.15) is 0 Å². The van der Waals surface area contributed by atoms with E-state index in [4.69, 9.17) is 4.98 Å². The number of nitrogens with one attached hydrogen (secondary N) is 1. The lowest BCUT2D eigenvalue weighted by Gasteiger charge is -2.21. The Hall–Kier alpha value is -2.76. The van der Waals surface area contributed by atoms with E-state index in [0.29, 0.717) is 6.04 Å². The molecule has 4 nitrogen and oxygen atoms in total. The number of nitrogens with zero attached hydrogens (tertiary/aromatic N) is 3. The summed E-state index contributed by atoms with van der Waals surface area (Å²) in [7, 11) is 0. The molecule has 1 unspecified atom stereocenters. The Kier molecular flexibility index (Phi) is 7.45. The molecule has 2 aliphatic carbocycles. The highest BCUT2D eigenvalue weighted by Gasteiger charge is 2.20. The third-order valence-corrected chi connectivity index (χ3v) is 8.45. The van der Waals surface area contributed by atoms with Crippen molar-refractivity contribution in [1.82, 2.24) is 14.9 Å². The van der Waals surface area contributed by atoms with Crippen molar-refractivity contribution in [2.45, 2.75) is 71.9 Å². The van der Waals surface area contributed by atoms with Crippen molar-refractivity contribution in [2.75, 3.05) is 11.9 Å². The highest BCUT2D eigenvalue weighted by molar-refractivity contribution is 7.15. The zero-order valence-electron chi connectivity index (χ0n) is 21.2. The third-order valence-electron chi connectivity index (χ3n) is 7.40. The molecule has 1 N–H and O–H groups in total. The number of rotatable bonds is 6. The minimum Gasteiger partial charge on any atom is -0.316 e. The number of aromatic nitrogens is 2. The van der Waals surface area contributed by atoms with E-state index in [0.717, 1.165) is 48.9 Å². The van der Waals surface area contributed by atoms with E-state index in [1.165, 1.54) is 52.1 Å². The summed E-state index contributed by atoms with van der Waals surface area (Å²) < 4.78 is 0. The van der Waals surface area contributed by atoms with Crippen molar-refractivity contribution < 1.29 is 0 Å². The SMILES string of the molecule is CCC1=CC=C(C2=C(C)CCc3sc(Nc4cc(CN5CCCC5C)ccn4)nc3C=C2)C=CC1. The molecule has 0 amide bonds. The Morgan fingerprint density at radius 3 is 2.91 bits per heavy atom. The van der Waals surface area contributed by atoms with Gasteiger partial charge < -0.3 is 5.32 Å². The Bertz CT molecular complexity index is 1230. The van der Waals surface area contributed by atoms with E-state index in [1.54, 1.807) is 11.3 Å². The maximum Gasteiger partial charge on any atom is 0.189 e. The Balaban J connectivity index is 1.32. The maximum absolute atomic E-state index is 4.94. The molecule has 5 heteroatoms. The van der Waals surface area contributed by atoms with Crippen LogP contribution < -0.4 is 5.32 Å². The van der Waals surface area contributed by atoms with Gasteiger partial charge >= 0.3 is 0 Å². The fraction of sp³-hybridized carbons (Fsp3) is 0.400. The Morgan fingerprint density at radius 1 is 1.17 bits per heavy atom. The van der Waals surface area contributed by atoms with Crippen LogP contribution in [0.4, 0.5) is 10.9 Å². The van der Waals surface area contributed by atoms with Gasteiger partial charge in [-0.3, -0.25) is 4.90 Å². The zero-order chi connectivity index (χ0) is 24.2. The third kappa shape index (κ3) is 5.74. The number of allylic oxidation sites excluding steroid dienone is 9. The fourth-order valence-electron chi connectivity index (χ4n) is 5.13. The molecule has 182 valence electrons. The van der Waals surface area contributed by atoms with Crippen LogP contribution in [-0.2, 0) is 13.0 Å². The average molecular weight is 485 g/mol. The van der Waals surface area contributed by atoms with Gasteiger partial charge in [-0.25, -0.2) is 9.97 Å². The van der Waals surface area contributed by atoms with E-state index < -0.39 is 0 Å². The van der Waals surface area contributed by atoms with Crippen LogP contribution in [0.3, 0.4) is 0 Å². The average Bonchev–Trinajstić information content (AvgIpc) is 3.33. The van der Waals surface area contributed by atoms with Crippen LogP contribution in [0.15, 0.2) is 71.0 Å². The predicted octanol–water partition coefficient (Wildman–Crippen LogP) is 7.76. The van der Waals surface area contributed by atoms with Crippen LogP contribution in [-0.4, -0.2) is 27.5 Å². The second-order valence-electron chi connectivity index (χ2n) is 9.90. The van der Waals surface area contributed by atoms with Crippen LogP contribution >= 0.6 is 11.3 Å². The molecule has 1 atom stereocenters. The number of fused-ring (bicyclic) bond motifs is 1. The Morgan fingerprint density at radius 2 is 2.09 bits per heavy atom. The van der Waals surface area contributed by atoms with E-state index in [9.17, 15) is 0 Å². The smallest absolute Gasteiger partial charge is 0.189 e. The minimum absolute atomic E-state index is 0.667. The minimum atomic E-state index is 0.667. The number of likely N-dealkylation sites (tertiary alicyclic amines) is 1. The van der Waals surface area contributed by atoms with Gasteiger partial charge in [0.15, 0.2) is 5.13 Å². The normalized spacial score (nSPS) is 20.7. The van der Waals surface area contributed by atoms with E-state index in [1.807, 2.05) is 6.20 Å². The van der Waals surface area contributed by atoms with Gasteiger partial charge in [-0.05, 0) is 93.8 Å². The molecule has 1 aliphatic heterocycles. The highest BCUT2D eigenvalue weighted by Crippen LogP contribution is 2.33. The molecule has 0 aromatic carbocycles. The van der Waals surface area contributed by atoms with Crippen molar-refractivity contribution in [2.24, 2.45) is 0 Å². The number of aryl methyl sites for hydroxylation is 1. The van der Waals surface area contributed by atoms with Gasteiger partial charge in [0.05, 0.1) is 5.69 Å². The molecule has 0 saturated carbocycles. The van der Waals surface area contributed by atoms with E-state index in [2.05, 4.69) is 84.6 Å². The summed E-state index contributed by atoms with van der Waals surface area (Å²) in [5.74, 6) is 0.877. The summed E-state index contributed by atoms with van der Waals surface area (Å²) >= 11 is 1.75. The second kappa shape index (κ2) is 10.9. The molecule has 3 heterocycles. The first-order valence-corrected chi connectivity index (χ1v) is 13.8. The van der Waals surface area contributed by atoms with Crippen molar-refractivity contribution in [3.8, 4) is 0 Å². The molecule has 0 spiro atoms. The summed E-state index contributed by atoms with van der Waals surface area (Å²) in [5.41, 5.74) is 7.92. The molecule has 1 saturated heterocycles. The first-order chi connectivity index (χ1) is 17.1. The van der Waals surface area contributed by atoms with Gasteiger partial charge in [0.1, 0.15) is 5.82 Å². The number of hydrogen-bond donors (Lipinski definition) is 1. The first-order valence-electron chi connectivity index (χ1n) is 13.0. The lowest BCUT2D eigenvalue weighted by molar-refractivity contribution is 0.260. The second-order valence-corrected chi connectivity index (χ2v) is 11.0. The summed E-state index contributed by atoms with van der Waals surface area (Å²) in [6.07, 6.45) is 22.3. The van der Waals surface area contributed by atoms with Crippen LogP contribution in [0.1, 0.15) is 69.0 Å². The van der Waals surface area contributed by atoms with E-state index in [-0.39, 0.29) is 0 Å². The van der Waals surface area contributed by atoms with Crippen LogP contribution in [0.5, 0.6) is 0 Å². The van der Waals surface area contributed by atoms with Crippen molar-refractivity contribution in [1.29, 1.82) is 0 Å². The van der Waals surface area contributed by atoms with Gasteiger partial charge in [0.25, 0.3) is 0 Å². The van der Waals surface area contributed by atoms with E-state index >= 15 is 0 Å². The summed E-state index contributed by atoms with van der Waals surface area (Å²) in [6.45, 7) is 9.01. The summed E-state index contributed by atoms with van der Waals surface area (Å²) in [6, 6.07) is 4.97. The maximum atomic E-state index is 4.94. The fourth-order valence-corrected chi connectivity index (χ4v) is 6.09. The standard InChI is InChI=1S/C30H36N4S/c1-4-23-8-5-9-25(12-11-23)26-13-14-27-28(15-10-21(26)2)35-30(32-27)33-29-19-24(16-17-31-29)20-34-18-6-7-22(34)3/h5,9,11-14,16-17,19,22H,4,6-8,10,15,18,20H2,1-3H3,(H,31,32,33). The molecule has 35 heavy (non-hydrogen) atoms. The van der Waals surface area contributed by atoms with Gasteiger partial charge in [0.2, 0.25) is 0 Å². The first kappa shape index (κ1) is 24.0. The molecule has 0 radical (unpaired) electrons. The molecule has 0 bridgehead atoms. The Labute approximate surface area is 213 Å². The summed E-state index contributed by atoms with van der Waals surface area (Å²) in [4.78, 5) is 13.4. The highest BCUT2D eigenvalue weighted by atomic mass is 32.1. The number of anilines is 2. The van der Waals surface area contributed by atoms with Crippen LogP contribution in [0, 0.1) is 0 Å². The molecular weight excluding hydrogens is 448 g/mol. The monoisotopic (exact) mass is 484 g/mol. The topological polar surface area (TPSA) is 41.0 Å². The molecule has 1 fully saturated rings. The molecule has 2 aromatic heterocycles. The molecule has 2 aromatic rings. The quantitative estimate of drug-likeness (QED) is 0.455. The van der Waals surface area contributed by atoms with Gasteiger partial charge in [-0.1, -0.05) is 48.5 Å². The van der Waals surface area contributed by atoms with Gasteiger partial charge in [-0.15, -0.1) is 11.3 Å². The largest absolute Gasteiger partial charge is 0.316 e. The lowest BCUT2D eigenvalue weighted by Crippen LogP contribution is -2.26. The number of thiazole rings is 1. The van der Waals surface area contributed by atoms with Gasteiger partial charge in [0, 0.05) is 23.7 Å². The van der Waals surface area contributed by atoms with Crippen molar-refractivity contribution in [3.63, 3.8) is 0 Å². The zero-order valence-corrected chi connectivity index (χ0v) is 22.0. The molecule has 5 rings (SSSR count). The number of pyridine rings is 1.